The van der Waals surface area contributed by atoms with Crippen molar-refractivity contribution in [2.45, 2.75) is 6.92 Å². The van der Waals surface area contributed by atoms with E-state index >= 15 is 0 Å². The standard InChI is InChI=1S/C19H15N3O4/c1-2-24-14-9-7-12(8-10-14)18-21-22-19(26-18)20-17(23)16-11-13-5-3-4-6-15(13)25-16/h3-11H,2H2,1H3,(H,20,22,23). The Morgan fingerprint density at radius 3 is 2.65 bits per heavy atom. The number of fused-ring (bicyclic) bond motifs is 1. The van der Waals surface area contributed by atoms with Gasteiger partial charge >= 0.3 is 6.01 Å². The predicted octanol–water partition coefficient (Wildman–Crippen LogP) is 4.13. The summed E-state index contributed by atoms with van der Waals surface area (Å²) in [5.74, 6) is 0.775. The van der Waals surface area contributed by atoms with Gasteiger partial charge in [0.25, 0.3) is 5.91 Å². The van der Waals surface area contributed by atoms with E-state index in [2.05, 4.69) is 15.5 Å². The number of amides is 1. The highest BCUT2D eigenvalue weighted by Gasteiger charge is 2.16. The van der Waals surface area contributed by atoms with Gasteiger partial charge in [-0.05, 0) is 43.3 Å². The van der Waals surface area contributed by atoms with Crippen LogP contribution in [-0.2, 0) is 0 Å². The molecule has 0 atom stereocenters. The molecular weight excluding hydrogens is 334 g/mol. The van der Waals surface area contributed by atoms with E-state index in [-0.39, 0.29) is 11.8 Å². The average Bonchev–Trinajstić information content (AvgIpc) is 3.29. The summed E-state index contributed by atoms with van der Waals surface area (Å²) in [6.45, 7) is 2.51. The first-order valence-electron chi connectivity index (χ1n) is 8.09. The Morgan fingerprint density at radius 2 is 1.88 bits per heavy atom. The highest BCUT2D eigenvalue weighted by atomic mass is 16.5. The van der Waals surface area contributed by atoms with Crippen LogP contribution in [0.5, 0.6) is 5.75 Å². The fourth-order valence-electron chi connectivity index (χ4n) is 2.50. The lowest BCUT2D eigenvalue weighted by Crippen LogP contribution is -2.10. The van der Waals surface area contributed by atoms with Crippen molar-refractivity contribution in [2.75, 3.05) is 11.9 Å². The van der Waals surface area contributed by atoms with Crippen LogP contribution in [0.15, 0.2) is 63.4 Å². The third-order valence-electron chi connectivity index (χ3n) is 3.71. The van der Waals surface area contributed by atoms with Crippen LogP contribution < -0.4 is 10.1 Å². The second-order valence-corrected chi connectivity index (χ2v) is 5.47. The summed E-state index contributed by atoms with van der Waals surface area (Å²) in [7, 11) is 0. The summed E-state index contributed by atoms with van der Waals surface area (Å²) in [6.07, 6.45) is 0. The molecule has 0 fully saturated rings. The molecule has 2 aromatic heterocycles. The van der Waals surface area contributed by atoms with Crippen LogP contribution >= 0.6 is 0 Å². The number of carbonyl (C=O) groups is 1. The SMILES string of the molecule is CCOc1ccc(-c2nnc(NC(=O)c3cc4ccccc4o3)o2)cc1. The number of anilines is 1. The normalized spacial score (nSPS) is 10.8. The zero-order valence-corrected chi connectivity index (χ0v) is 13.9. The van der Waals surface area contributed by atoms with E-state index in [9.17, 15) is 4.79 Å². The summed E-state index contributed by atoms with van der Waals surface area (Å²) < 4.78 is 16.4. The lowest BCUT2D eigenvalue weighted by Gasteiger charge is -2.02. The first kappa shape index (κ1) is 15.9. The molecule has 7 nitrogen and oxygen atoms in total. The highest BCUT2D eigenvalue weighted by Crippen LogP contribution is 2.24. The number of para-hydroxylation sites is 1. The lowest BCUT2D eigenvalue weighted by molar-refractivity contribution is 0.0996. The van der Waals surface area contributed by atoms with Crippen molar-refractivity contribution < 1.29 is 18.4 Å². The molecule has 2 heterocycles. The van der Waals surface area contributed by atoms with Crippen molar-refractivity contribution in [3.05, 3.63) is 60.4 Å². The van der Waals surface area contributed by atoms with Crippen LogP contribution in [0.2, 0.25) is 0 Å². The van der Waals surface area contributed by atoms with Gasteiger partial charge in [0.05, 0.1) is 6.61 Å². The molecular formula is C19H15N3O4. The number of aromatic nitrogens is 2. The topological polar surface area (TPSA) is 90.4 Å². The van der Waals surface area contributed by atoms with Crippen molar-refractivity contribution in [1.29, 1.82) is 0 Å². The molecule has 4 rings (SSSR count). The Hall–Kier alpha value is -3.61. The Bertz CT molecular complexity index is 1020. The maximum Gasteiger partial charge on any atom is 0.322 e. The van der Waals surface area contributed by atoms with Gasteiger partial charge in [0.2, 0.25) is 5.89 Å². The molecule has 0 saturated heterocycles. The van der Waals surface area contributed by atoms with Crippen molar-refractivity contribution in [3.8, 4) is 17.2 Å². The van der Waals surface area contributed by atoms with Gasteiger partial charge in [-0.15, -0.1) is 5.10 Å². The van der Waals surface area contributed by atoms with E-state index in [0.29, 0.717) is 18.1 Å². The molecule has 0 spiro atoms. The molecule has 0 bridgehead atoms. The second kappa shape index (κ2) is 6.72. The van der Waals surface area contributed by atoms with E-state index in [1.807, 2.05) is 49.4 Å². The first-order valence-corrected chi connectivity index (χ1v) is 8.09. The molecule has 0 aliphatic rings. The van der Waals surface area contributed by atoms with Gasteiger partial charge in [-0.3, -0.25) is 10.1 Å². The molecule has 2 aromatic carbocycles. The predicted molar refractivity (Wildman–Crippen MR) is 95.1 cm³/mol. The Kier molecular flexibility index (Phi) is 4.10. The summed E-state index contributed by atoms with van der Waals surface area (Å²) >= 11 is 0. The summed E-state index contributed by atoms with van der Waals surface area (Å²) in [5.41, 5.74) is 1.36. The minimum atomic E-state index is -0.455. The monoisotopic (exact) mass is 349 g/mol. The zero-order chi connectivity index (χ0) is 17.9. The molecule has 26 heavy (non-hydrogen) atoms. The van der Waals surface area contributed by atoms with Crippen molar-refractivity contribution in [3.63, 3.8) is 0 Å². The van der Waals surface area contributed by atoms with Crippen LogP contribution in [0, 0.1) is 0 Å². The van der Waals surface area contributed by atoms with E-state index in [1.165, 1.54) is 0 Å². The first-order chi connectivity index (χ1) is 12.7. The maximum absolute atomic E-state index is 12.3. The summed E-state index contributed by atoms with van der Waals surface area (Å²) in [6, 6.07) is 16.3. The molecule has 130 valence electrons. The maximum atomic E-state index is 12.3. The van der Waals surface area contributed by atoms with Gasteiger partial charge in [0.15, 0.2) is 5.76 Å². The molecule has 0 aliphatic carbocycles. The van der Waals surface area contributed by atoms with Crippen LogP contribution in [0.25, 0.3) is 22.4 Å². The number of nitrogens with one attached hydrogen (secondary N) is 1. The smallest absolute Gasteiger partial charge is 0.322 e. The summed E-state index contributed by atoms with van der Waals surface area (Å²) in [4.78, 5) is 12.3. The largest absolute Gasteiger partial charge is 0.494 e. The molecule has 0 radical (unpaired) electrons. The molecule has 1 N–H and O–H groups in total. The van der Waals surface area contributed by atoms with Gasteiger partial charge in [-0.2, -0.15) is 0 Å². The van der Waals surface area contributed by atoms with Gasteiger partial charge in [-0.1, -0.05) is 23.3 Å². The van der Waals surface area contributed by atoms with E-state index < -0.39 is 5.91 Å². The second-order valence-electron chi connectivity index (χ2n) is 5.47. The van der Waals surface area contributed by atoms with Crippen LogP contribution in [0.4, 0.5) is 6.01 Å². The van der Waals surface area contributed by atoms with Crippen LogP contribution in [0.1, 0.15) is 17.5 Å². The van der Waals surface area contributed by atoms with Crippen LogP contribution in [0.3, 0.4) is 0 Å². The van der Waals surface area contributed by atoms with E-state index in [0.717, 1.165) is 16.7 Å². The summed E-state index contributed by atoms with van der Waals surface area (Å²) in [5, 5.41) is 11.2. The number of ether oxygens (including phenoxy) is 1. The molecule has 1 amide bonds. The number of rotatable bonds is 5. The van der Waals surface area contributed by atoms with Crippen molar-refractivity contribution in [1.82, 2.24) is 10.2 Å². The fraction of sp³-hybridized carbons (Fsp3) is 0.105. The Labute approximate surface area is 148 Å². The number of hydrogen-bond donors (Lipinski definition) is 1. The van der Waals surface area contributed by atoms with E-state index in [4.69, 9.17) is 13.6 Å². The Balaban J connectivity index is 1.49. The minimum absolute atomic E-state index is 0.000610. The number of furan rings is 1. The lowest BCUT2D eigenvalue weighted by atomic mass is 10.2. The molecule has 0 saturated carbocycles. The van der Waals surface area contributed by atoms with Crippen LogP contribution in [-0.4, -0.2) is 22.7 Å². The van der Waals surface area contributed by atoms with Gasteiger partial charge in [-0.25, -0.2) is 0 Å². The number of benzene rings is 2. The van der Waals surface area contributed by atoms with Gasteiger partial charge < -0.3 is 13.6 Å². The highest BCUT2D eigenvalue weighted by molar-refractivity contribution is 6.03. The third kappa shape index (κ3) is 3.14. The van der Waals surface area contributed by atoms with Gasteiger partial charge in [0, 0.05) is 10.9 Å². The quantitative estimate of drug-likeness (QED) is 0.582. The molecule has 7 heteroatoms. The van der Waals surface area contributed by atoms with Crippen molar-refractivity contribution in [2.24, 2.45) is 0 Å². The number of nitrogens with zero attached hydrogens (tertiary/aromatic N) is 2. The number of carbonyl (C=O) groups excluding carboxylic acids is 1. The molecule has 4 aromatic rings. The number of hydrogen-bond acceptors (Lipinski definition) is 6. The van der Waals surface area contributed by atoms with E-state index in [1.54, 1.807) is 12.1 Å². The minimum Gasteiger partial charge on any atom is -0.494 e. The zero-order valence-electron chi connectivity index (χ0n) is 13.9. The van der Waals surface area contributed by atoms with Crippen molar-refractivity contribution >= 4 is 22.9 Å². The average molecular weight is 349 g/mol. The third-order valence-corrected chi connectivity index (χ3v) is 3.71. The molecule has 0 unspecified atom stereocenters. The fourth-order valence-corrected chi connectivity index (χ4v) is 2.50. The Morgan fingerprint density at radius 1 is 1.08 bits per heavy atom. The molecule has 0 aliphatic heterocycles. The van der Waals surface area contributed by atoms with Gasteiger partial charge in [0.1, 0.15) is 11.3 Å².